The Morgan fingerprint density at radius 3 is 1.42 bits per heavy atom. The highest BCUT2D eigenvalue weighted by molar-refractivity contribution is 5.93. The molecule has 0 spiro atoms. The largest absolute Gasteiger partial charge is 0.462 e. The third-order valence-corrected chi connectivity index (χ3v) is 24.1. The zero-order valence-electron chi connectivity index (χ0n) is 71.3. The van der Waals surface area contributed by atoms with E-state index in [2.05, 4.69) is 32.9 Å². The van der Waals surface area contributed by atoms with E-state index in [9.17, 15) is 81.5 Å². The second-order valence-corrected chi connectivity index (χ2v) is 35.7. The Balaban J connectivity index is 0.000000187. The van der Waals surface area contributed by atoms with Gasteiger partial charge in [0.15, 0.2) is 0 Å². The summed E-state index contributed by atoms with van der Waals surface area (Å²) in [5.74, 6) is -8.33. The molecule has 12 fully saturated rings. The molecule has 662 valence electrons. The van der Waals surface area contributed by atoms with Crippen LogP contribution >= 0.6 is 0 Å². The van der Waals surface area contributed by atoms with Crippen molar-refractivity contribution in [1.29, 1.82) is 0 Å². The highest BCUT2D eigenvalue weighted by Crippen LogP contribution is 2.63. The third kappa shape index (κ3) is 22.1. The molecule has 0 radical (unpaired) electrons. The number of hydrogen-bond donors (Lipinski definition) is 0. The topological polar surface area (TPSA) is 447 Å². The molecule has 10 bridgehead atoms. The lowest BCUT2D eigenvalue weighted by Gasteiger charge is -2.45. The van der Waals surface area contributed by atoms with Crippen molar-refractivity contribution in [2.24, 2.45) is 52.8 Å². The first kappa shape index (κ1) is 95.2. The predicted octanol–water partition coefficient (Wildman–Crippen LogP) is 8.36. The molecule has 0 N–H and O–H groups in total. The molecule has 0 aromatic carbocycles. The lowest BCUT2D eigenvalue weighted by atomic mass is 9.71. The fourth-order valence-electron chi connectivity index (χ4n) is 17.1. The molecule has 5 saturated heterocycles. The van der Waals surface area contributed by atoms with E-state index in [-0.39, 0.29) is 175 Å². The third-order valence-electron chi connectivity index (χ3n) is 24.1. The van der Waals surface area contributed by atoms with Crippen LogP contribution < -0.4 is 0 Å². The molecular formula is C86H114O34. The predicted molar refractivity (Wildman–Crippen MR) is 410 cm³/mol. The summed E-state index contributed by atoms with van der Waals surface area (Å²) in [4.78, 5) is 200. The standard InChI is InChI=1S/2C19H24O8.C17H24O6.C16H22O6.C15H20O6/c1-10(2)17(22)25-7-6-24-13(20)4-5-14(21)26-16-15-11-8-19(16,3)9-12(11)18(23)27-15;1-10(2)17(22)25-7-6-24-14(20)4-5-15(21)26-16-11-8-12-13(9-11)19(16,3)27-18(12)23;1-10(2)12(18)21-15(3,4)14(20)23-16(5)8-7-11-9-17(16,6)22-13(11)19;1-9(2)12(17)21-15(3,4)14(19)20-11-7-6-10-8-16(11,5)22-13(10)18;1-8(2)12(16)21-15(3,4)14(18)20-10-6-5-9-7-11(10)19-13(9)17/h11-12,15-16H,1,4-9H2,2-3H3;11-13,16H,1,4-9H2,2-3H3;11H,1,7-9H2,2-6H3;10-11H,1,6-8H2,2-5H3;9-11H,1,5-7H2,2-4H3. The van der Waals surface area contributed by atoms with E-state index in [0.717, 1.165) is 12.8 Å². The molecule has 5 heterocycles. The van der Waals surface area contributed by atoms with Crippen LogP contribution in [0.5, 0.6) is 0 Å². The van der Waals surface area contributed by atoms with Gasteiger partial charge in [0.1, 0.15) is 85.5 Å². The Bertz CT molecular complexity index is 4110. The molecule has 19 atom stereocenters. The first-order valence-electron chi connectivity index (χ1n) is 40.4. The normalized spacial score (nSPS) is 31.5. The van der Waals surface area contributed by atoms with Gasteiger partial charge < -0.3 is 80.5 Å². The van der Waals surface area contributed by atoms with Crippen molar-refractivity contribution >= 4 is 101 Å². The van der Waals surface area contributed by atoms with Crippen LogP contribution in [-0.2, 0) is 162 Å². The van der Waals surface area contributed by atoms with E-state index in [1.54, 1.807) is 20.8 Å². The van der Waals surface area contributed by atoms with Crippen LogP contribution in [-0.4, -0.2) is 204 Å². The number of fused-ring (bicyclic) bond motifs is 8. The molecule has 12 aliphatic rings. The zero-order valence-corrected chi connectivity index (χ0v) is 71.3. The van der Waals surface area contributed by atoms with E-state index >= 15 is 0 Å². The maximum Gasteiger partial charge on any atom is 0.350 e. The molecular weight excluding hydrogens is 1580 g/mol. The highest BCUT2D eigenvalue weighted by atomic mass is 16.7. The molecule has 5 aliphatic heterocycles. The van der Waals surface area contributed by atoms with Gasteiger partial charge in [-0.1, -0.05) is 39.8 Å². The summed E-state index contributed by atoms with van der Waals surface area (Å²) in [5, 5.41) is 0. The summed E-state index contributed by atoms with van der Waals surface area (Å²) in [6.07, 6.45) is 5.12. The molecule has 0 aromatic rings. The Labute approximate surface area is 696 Å². The van der Waals surface area contributed by atoms with Gasteiger partial charge in [0.2, 0.25) is 16.8 Å². The molecule has 19 unspecified atom stereocenters. The lowest BCUT2D eigenvalue weighted by Crippen LogP contribution is -2.56. The van der Waals surface area contributed by atoms with Crippen molar-refractivity contribution in [2.75, 3.05) is 26.4 Å². The molecule has 7 aliphatic carbocycles. The van der Waals surface area contributed by atoms with Crippen molar-refractivity contribution < 1.29 is 162 Å². The number of hydrogen-bond acceptors (Lipinski definition) is 34. The number of carbonyl (C=O) groups excluding carboxylic acids is 17. The van der Waals surface area contributed by atoms with Crippen LogP contribution in [0.2, 0.25) is 0 Å². The SMILES string of the molecule is C=C(C)C(=O)OC(C)(C)C(=O)OC1(C)CCC2CC1(C)OC2=O.C=C(C)C(=O)OC(C)(C)C(=O)OC1CCC2CC1(C)OC2=O.C=C(C)C(=O)OC(C)(C)C(=O)OC1CCC2CC1OC2=O.C=C(C)C(=O)OCCOC(=O)CCC(=O)OC1C2CC3C(=O)OC1(C)C3C2.C=C(C)C(=O)OCCOC(=O)CCC(=O)OC1C2OC(=O)C3CC1(C)CC32. The van der Waals surface area contributed by atoms with Crippen molar-refractivity contribution in [3.63, 3.8) is 0 Å². The second kappa shape index (κ2) is 37.4. The van der Waals surface area contributed by atoms with Crippen LogP contribution in [0, 0.1) is 52.8 Å². The van der Waals surface area contributed by atoms with Gasteiger partial charge in [-0.2, -0.15) is 0 Å². The van der Waals surface area contributed by atoms with E-state index < -0.39 is 135 Å². The van der Waals surface area contributed by atoms with Gasteiger partial charge >= 0.3 is 101 Å². The summed E-state index contributed by atoms with van der Waals surface area (Å²) in [7, 11) is 0. The van der Waals surface area contributed by atoms with Gasteiger partial charge in [0.05, 0.1) is 55.3 Å². The van der Waals surface area contributed by atoms with E-state index in [4.69, 9.17) is 80.5 Å². The van der Waals surface area contributed by atoms with Gasteiger partial charge in [-0.25, -0.2) is 38.4 Å². The summed E-state index contributed by atoms with van der Waals surface area (Å²) >= 11 is 0. The van der Waals surface area contributed by atoms with Crippen LogP contribution in [0.1, 0.15) is 220 Å². The van der Waals surface area contributed by atoms with E-state index in [1.165, 1.54) is 76.2 Å². The van der Waals surface area contributed by atoms with Crippen molar-refractivity contribution in [3.05, 3.63) is 60.8 Å². The summed E-state index contributed by atoms with van der Waals surface area (Å²) in [6, 6.07) is 0. The Morgan fingerprint density at radius 2 is 0.892 bits per heavy atom. The van der Waals surface area contributed by atoms with E-state index in [0.29, 0.717) is 70.6 Å². The fraction of sp³-hybridized carbons (Fsp3) is 0.686. The highest BCUT2D eigenvalue weighted by Gasteiger charge is 2.71. The zero-order chi connectivity index (χ0) is 89.7. The van der Waals surface area contributed by atoms with Crippen LogP contribution in [0.15, 0.2) is 60.8 Å². The smallest absolute Gasteiger partial charge is 0.350 e. The maximum atomic E-state index is 12.5. The van der Waals surface area contributed by atoms with Gasteiger partial charge in [-0.15, -0.1) is 0 Å². The van der Waals surface area contributed by atoms with Crippen molar-refractivity contribution in [1.82, 2.24) is 0 Å². The molecule has 12 rings (SSSR count). The van der Waals surface area contributed by atoms with Crippen molar-refractivity contribution in [2.45, 2.75) is 296 Å². The number of rotatable bonds is 28. The summed E-state index contributed by atoms with van der Waals surface area (Å²) in [5.41, 5.74) is -6.70. The lowest BCUT2D eigenvalue weighted by molar-refractivity contribution is -0.213. The first-order valence-corrected chi connectivity index (χ1v) is 40.4. The minimum absolute atomic E-state index is 0.0658. The molecule has 34 heteroatoms. The van der Waals surface area contributed by atoms with Crippen LogP contribution in [0.3, 0.4) is 0 Å². The molecule has 7 saturated carbocycles. The number of ether oxygens (including phenoxy) is 17. The van der Waals surface area contributed by atoms with Crippen LogP contribution in [0.4, 0.5) is 0 Å². The minimum atomic E-state index is -1.45. The van der Waals surface area contributed by atoms with Gasteiger partial charge in [-0.05, 0) is 168 Å². The van der Waals surface area contributed by atoms with Gasteiger partial charge in [-0.3, -0.25) is 43.2 Å². The Morgan fingerprint density at radius 1 is 0.425 bits per heavy atom. The number of carbonyl (C=O) groups is 17. The van der Waals surface area contributed by atoms with Crippen molar-refractivity contribution in [3.8, 4) is 0 Å². The Hall–Kier alpha value is -10.3. The summed E-state index contributed by atoms with van der Waals surface area (Å²) < 4.78 is 89.4. The molecule has 34 nitrogen and oxygen atoms in total. The average molecular weight is 1690 g/mol. The second-order valence-electron chi connectivity index (χ2n) is 35.7. The van der Waals surface area contributed by atoms with E-state index in [1.807, 2.05) is 13.8 Å². The quantitative estimate of drug-likeness (QED) is 0.0307. The monoisotopic (exact) mass is 1690 g/mol. The minimum Gasteiger partial charge on any atom is -0.462 e. The van der Waals surface area contributed by atoms with Gasteiger partial charge in [0, 0.05) is 70.3 Å². The summed E-state index contributed by atoms with van der Waals surface area (Å²) in [6.45, 7) is 42.5. The Kier molecular flexibility index (Phi) is 29.6. The van der Waals surface area contributed by atoms with Gasteiger partial charge in [0.25, 0.3) is 0 Å². The fourth-order valence-corrected chi connectivity index (χ4v) is 17.1. The molecule has 0 amide bonds. The maximum absolute atomic E-state index is 12.5. The van der Waals surface area contributed by atoms with Crippen LogP contribution in [0.25, 0.3) is 0 Å². The molecule has 0 aromatic heterocycles. The first-order chi connectivity index (χ1) is 55.6. The molecule has 120 heavy (non-hydrogen) atoms. The average Bonchev–Trinajstić information content (AvgIpc) is 1.55. The number of esters is 17.